The summed E-state index contributed by atoms with van der Waals surface area (Å²) < 4.78 is 26.8. The Hall–Kier alpha value is -1.72. The standard InChI is InChI=1S/C16H23N5O3S2.ClH/c1-4-21(5-2)26(23,24)11-6-7-12(18-3)13(8-11)20-16(22)14-10-25-15(9-17)19-14;/h6-8,10,18H,4-5,9,17H2,1-3H3,(H,20,22);1H. The van der Waals surface area contributed by atoms with Crippen molar-refractivity contribution in [2.75, 3.05) is 30.8 Å². The van der Waals surface area contributed by atoms with Crippen molar-refractivity contribution in [3.05, 3.63) is 34.3 Å². The van der Waals surface area contributed by atoms with Gasteiger partial charge in [0.2, 0.25) is 10.0 Å². The number of thiazole rings is 1. The maximum Gasteiger partial charge on any atom is 0.275 e. The summed E-state index contributed by atoms with van der Waals surface area (Å²) in [4.78, 5) is 16.7. The summed E-state index contributed by atoms with van der Waals surface area (Å²) in [5.41, 5.74) is 6.74. The van der Waals surface area contributed by atoms with Crippen molar-refractivity contribution >= 4 is 51.0 Å². The summed E-state index contributed by atoms with van der Waals surface area (Å²) >= 11 is 1.30. The van der Waals surface area contributed by atoms with Crippen LogP contribution < -0.4 is 16.4 Å². The Morgan fingerprint density at radius 3 is 2.44 bits per heavy atom. The Kier molecular flexibility index (Phi) is 8.63. The molecule has 0 radical (unpaired) electrons. The molecule has 0 spiro atoms. The van der Waals surface area contributed by atoms with E-state index in [0.29, 0.717) is 29.5 Å². The number of nitrogens with two attached hydrogens (primary N) is 1. The summed E-state index contributed by atoms with van der Waals surface area (Å²) in [6, 6.07) is 4.59. The van der Waals surface area contributed by atoms with Crippen molar-refractivity contribution in [3.8, 4) is 0 Å². The van der Waals surface area contributed by atoms with Crippen molar-refractivity contribution in [1.82, 2.24) is 9.29 Å². The zero-order chi connectivity index (χ0) is 19.3. The van der Waals surface area contributed by atoms with Crippen LogP contribution in [0, 0.1) is 0 Å². The third-order valence-electron chi connectivity index (χ3n) is 3.81. The molecule has 0 saturated carbocycles. The van der Waals surface area contributed by atoms with Crippen LogP contribution >= 0.6 is 23.7 Å². The Labute approximate surface area is 169 Å². The number of aromatic nitrogens is 1. The minimum absolute atomic E-state index is 0. The maximum absolute atomic E-state index is 12.7. The van der Waals surface area contributed by atoms with E-state index in [0.717, 1.165) is 0 Å². The number of carbonyl (C=O) groups is 1. The van der Waals surface area contributed by atoms with Crippen molar-refractivity contribution in [3.63, 3.8) is 0 Å². The van der Waals surface area contributed by atoms with E-state index in [9.17, 15) is 13.2 Å². The molecule has 0 saturated heterocycles. The van der Waals surface area contributed by atoms with E-state index in [2.05, 4.69) is 15.6 Å². The number of amides is 1. The zero-order valence-electron chi connectivity index (χ0n) is 15.4. The second-order valence-electron chi connectivity index (χ2n) is 5.33. The molecular formula is C16H24ClN5O3S2. The third kappa shape index (κ3) is 5.17. The molecule has 1 aromatic carbocycles. The molecule has 2 rings (SSSR count). The molecule has 0 bridgehead atoms. The second-order valence-corrected chi connectivity index (χ2v) is 8.21. The highest BCUT2D eigenvalue weighted by Crippen LogP contribution is 2.27. The van der Waals surface area contributed by atoms with Crippen LogP contribution in [0.5, 0.6) is 0 Å². The van der Waals surface area contributed by atoms with Gasteiger partial charge in [0.05, 0.1) is 16.3 Å². The number of hydrogen-bond acceptors (Lipinski definition) is 7. The Balaban J connectivity index is 0.00000364. The fourth-order valence-corrected chi connectivity index (χ4v) is 4.55. The van der Waals surface area contributed by atoms with Crippen LogP contribution in [0.3, 0.4) is 0 Å². The number of halogens is 1. The summed E-state index contributed by atoms with van der Waals surface area (Å²) in [7, 11) is -1.93. The first-order chi connectivity index (χ1) is 12.4. The van der Waals surface area contributed by atoms with Crippen LogP contribution in [0.1, 0.15) is 29.3 Å². The van der Waals surface area contributed by atoms with Crippen molar-refractivity contribution in [1.29, 1.82) is 0 Å². The Morgan fingerprint density at radius 1 is 1.26 bits per heavy atom. The van der Waals surface area contributed by atoms with E-state index in [1.807, 2.05) is 0 Å². The lowest BCUT2D eigenvalue weighted by molar-refractivity contribution is 0.102. The topological polar surface area (TPSA) is 117 Å². The minimum atomic E-state index is -3.62. The normalized spacial score (nSPS) is 11.1. The van der Waals surface area contributed by atoms with Gasteiger partial charge >= 0.3 is 0 Å². The molecule has 0 aliphatic rings. The number of sulfonamides is 1. The first-order valence-electron chi connectivity index (χ1n) is 8.15. The van der Waals surface area contributed by atoms with Crippen molar-refractivity contribution < 1.29 is 13.2 Å². The first kappa shape index (κ1) is 23.3. The molecule has 2 aromatic rings. The quantitative estimate of drug-likeness (QED) is 0.588. The van der Waals surface area contributed by atoms with Crippen LogP contribution in [-0.2, 0) is 16.6 Å². The van der Waals surface area contributed by atoms with E-state index >= 15 is 0 Å². The van der Waals surface area contributed by atoms with Gasteiger partial charge in [0.25, 0.3) is 5.91 Å². The van der Waals surface area contributed by atoms with Gasteiger partial charge in [0.15, 0.2) is 0 Å². The van der Waals surface area contributed by atoms with Gasteiger partial charge < -0.3 is 16.4 Å². The largest absolute Gasteiger partial charge is 0.386 e. The highest BCUT2D eigenvalue weighted by atomic mass is 35.5. The number of benzene rings is 1. The van der Waals surface area contributed by atoms with Crippen LogP contribution in [-0.4, -0.2) is 43.8 Å². The Morgan fingerprint density at radius 2 is 1.93 bits per heavy atom. The number of nitrogens with one attached hydrogen (secondary N) is 2. The molecule has 8 nitrogen and oxygen atoms in total. The number of rotatable bonds is 8. The lowest BCUT2D eigenvalue weighted by Crippen LogP contribution is -2.30. The number of anilines is 2. The van der Waals surface area contributed by atoms with Gasteiger partial charge in [0, 0.05) is 32.1 Å². The molecule has 150 valence electrons. The van der Waals surface area contributed by atoms with Gasteiger partial charge in [-0.1, -0.05) is 13.8 Å². The second kappa shape index (κ2) is 10.00. The van der Waals surface area contributed by atoms with Crippen LogP contribution in [0.25, 0.3) is 0 Å². The average Bonchev–Trinajstić information content (AvgIpc) is 3.11. The van der Waals surface area contributed by atoms with Gasteiger partial charge in [-0.3, -0.25) is 4.79 Å². The highest BCUT2D eigenvalue weighted by molar-refractivity contribution is 7.89. The van der Waals surface area contributed by atoms with Gasteiger partial charge in [-0.2, -0.15) is 4.31 Å². The molecule has 27 heavy (non-hydrogen) atoms. The lowest BCUT2D eigenvalue weighted by atomic mass is 10.2. The molecule has 11 heteroatoms. The summed E-state index contributed by atoms with van der Waals surface area (Å²) in [6.07, 6.45) is 0. The molecule has 0 fully saturated rings. The number of hydrogen-bond donors (Lipinski definition) is 3. The van der Waals surface area contributed by atoms with E-state index in [1.165, 1.54) is 27.8 Å². The predicted molar refractivity (Wildman–Crippen MR) is 111 cm³/mol. The Bertz CT molecular complexity index is 882. The molecular weight excluding hydrogens is 410 g/mol. The smallest absolute Gasteiger partial charge is 0.275 e. The lowest BCUT2D eigenvalue weighted by Gasteiger charge is -2.19. The van der Waals surface area contributed by atoms with Crippen LogP contribution in [0.2, 0.25) is 0 Å². The van der Waals surface area contributed by atoms with Gasteiger partial charge in [-0.15, -0.1) is 23.7 Å². The molecule has 1 heterocycles. The molecule has 0 atom stereocenters. The minimum Gasteiger partial charge on any atom is -0.386 e. The molecule has 0 aliphatic heterocycles. The van der Waals surface area contributed by atoms with Crippen LogP contribution in [0.15, 0.2) is 28.5 Å². The maximum atomic E-state index is 12.7. The summed E-state index contributed by atoms with van der Waals surface area (Å²) in [5.74, 6) is -0.421. The van der Waals surface area contributed by atoms with Crippen LogP contribution in [0.4, 0.5) is 11.4 Å². The molecule has 4 N–H and O–H groups in total. The SMILES string of the molecule is CCN(CC)S(=O)(=O)c1ccc(NC)c(NC(=O)c2csc(CN)n2)c1.Cl. The summed E-state index contributed by atoms with van der Waals surface area (Å²) in [6.45, 7) is 4.56. The highest BCUT2D eigenvalue weighted by Gasteiger charge is 2.23. The fourth-order valence-electron chi connectivity index (χ4n) is 2.41. The predicted octanol–water partition coefficient (Wildman–Crippen LogP) is 2.35. The average molecular weight is 434 g/mol. The molecule has 1 amide bonds. The molecule has 0 aliphatic carbocycles. The summed E-state index contributed by atoms with van der Waals surface area (Å²) in [5, 5.41) is 7.94. The fraction of sp³-hybridized carbons (Fsp3) is 0.375. The molecule has 0 unspecified atom stereocenters. The van der Waals surface area contributed by atoms with Gasteiger partial charge in [0.1, 0.15) is 10.7 Å². The van der Waals surface area contributed by atoms with Gasteiger partial charge in [-0.05, 0) is 18.2 Å². The van der Waals surface area contributed by atoms with Crippen molar-refractivity contribution in [2.45, 2.75) is 25.3 Å². The molecule has 1 aromatic heterocycles. The third-order valence-corrected chi connectivity index (χ3v) is 6.73. The number of carbonyl (C=O) groups excluding carboxylic acids is 1. The van der Waals surface area contributed by atoms with E-state index < -0.39 is 15.9 Å². The number of nitrogens with zero attached hydrogens (tertiary/aromatic N) is 2. The van der Waals surface area contributed by atoms with E-state index in [-0.39, 0.29) is 29.5 Å². The zero-order valence-corrected chi connectivity index (χ0v) is 17.8. The van der Waals surface area contributed by atoms with E-state index in [4.69, 9.17) is 5.73 Å². The van der Waals surface area contributed by atoms with Gasteiger partial charge in [-0.25, -0.2) is 13.4 Å². The van der Waals surface area contributed by atoms with Crippen molar-refractivity contribution in [2.24, 2.45) is 5.73 Å². The first-order valence-corrected chi connectivity index (χ1v) is 10.5. The monoisotopic (exact) mass is 433 g/mol. The van der Waals surface area contributed by atoms with E-state index in [1.54, 1.807) is 32.3 Å².